The molecular formula is C17H25N3S. The third kappa shape index (κ3) is 4.81. The van der Waals surface area contributed by atoms with Crippen LogP contribution in [0, 0.1) is 5.92 Å². The number of hydrogen-bond donors (Lipinski definition) is 2. The smallest absolute Gasteiger partial charge is 0.191 e. The topological polar surface area (TPSA) is 36.4 Å². The molecule has 0 amide bonds. The first-order valence-electron chi connectivity index (χ1n) is 7.79. The van der Waals surface area contributed by atoms with Crippen LogP contribution in [-0.4, -0.2) is 10.8 Å². The fraction of sp³-hybridized carbons (Fsp3) is 0.529. The minimum absolute atomic E-state index is 0.545. The highest BCUT2D eigenvalue weighted by Gasteiger charge is 2.15. The van der Waals surface area contributed by atoms with Gasteiger partial charge in [-0.2, -0.15) is 5.10 Å². The van der Waals surface area contributed by atoms with Gasteiger partial charge in [0.1, 0.15) is 0 Å². The predicted octanol–water partition coefficient (Wildman–Crippen LogP) is 4.66. The molecule has 3 nitrogen and oxygen atoms in total. The van der Waals surface area contributed by atoms with Crippen LogP contribution in [0.25, 0.3) is 0 Å². The van der Waals surface area contributed by atoms with E-state index in [0.717, 1.165) is 12.1 Å². The Morgan fingerprint density at radius 1 is 1.24 bits per heavy atom. The average molecular weight is 303 g/mol. The highest BCUT2D eigenvalue weighted by atomic mass is 32.1. The van der Waals surface area contributed by atoms with Gasteiger partial charge in [0.25, 0.3) is 0 Å². The Morgan fingerprint density at radius 2 is 1.95 bits per heavy atom. The molecule has 1 saturated carbocycles. The average Bonchev–Trinajstić information content (AvgIpc) is 2.47. The Morgan fingerprint density at radius 3 is 2.57 bits per heavy atom. The SMILES string of the molecule is CC1CCCC/C1=N/NC(=S)Nc1ccc(C(C)C)cc1. The second kappa shape index (κ2) is 7.55. The molecule has 1 aromatic rings. The second-order valence-corrected chi connectivity index (χ2v) is 6.50. The predicted molar refractivity (Wildman–Crippen MR) is 95.0 cm³/mol. The maximum atomic E-state index is 5.30. The highest BCUT2D eigenvalue weighted by Crippen LogP contribution is 2.20. The molecule has 114 valence electrons. The van der Waals surface area contributed by atoms with Crippen LogP contribution in [0.5, 0.6) is 0 Å². The highest BCUT2D eigenvalue weighted by molar-refractivity contribution is 7.80. The van der Waals surface area contributed by atoms with Gasteiger partial charge in [-0.15, -0.1) is 0 Å². The Bertz CT molecular complexity index is 505. The van der Waals surface area contributed by atoms with E-state index in [4.69, 9.17) is 12.2 Å². The monoisotopic (exact) mass is 303 g/mol. The lowest BCUT2D eigenvalue weighted by molar-refractivity contribution is 0.555. The summed E-state index contributed by atoms with van der Waals surface area (Å²) in [5.74, 6) is 1.11. The van der Waals surface area contributed by atoms with Gasteiger partial charge in [0.05, 0.1) is 0 Å². The van der Waals surface area contributed by atoms with Crippen molar-refractivity contribution in [3.05, 3.63) is 29.8 Å². The summed E-state index contributed by atoms with van der Waals surface area (Å²) in [5.41, 5.74) is 6.54. The van der Waals surface area contributed by atoms with Gasteiger partial charge in [0.15, 0.2) is 5.11 Å². The molecule has 0 bridgehead atoms. The van der Waals surface area contributed by atoms with Gasteiger partial charge in [-0.25, -0.2) is 0 Å². The summed E-state index contributed by atoms with van der Waals surface area (Å²) >= 11 is 5.30. The summed E-state index contributed by atoms with van der Waals surface area (Å²) in [6, 6.07) is 8.37. The largest absolute Gasteiger partial charge is 0.331 e. The van der Waals surface area contributed by atoms with Crippen LogP contribution >= 0.6 is 12.2 Å². The molecule has 4 heteroatoms. The molecular weight excluding hydrogens is 278 g/mol. The van der Waals surface area contributed by atoms with Crippen molar-refractivity contribution in [3.63, 3.8) is 0 Å². The minimum atomic E-state index is 0.545. The molecule has 2 rings (SSSR count). The molecule has 1 aliphatic carbocycles. The van der Waals surface area contributed by atoms with Gasteiger partial charge in [0.2, 0.25) is 0 Å². The molecule has 0 aromatic heterocycles. The summed E-state index contributed by atoms with van der Waals surface area (Å²) in [4.78, 5) is 0. The molecule has 2 N–H and O–H groups in total. The Balaban J connectivity index is 1.88. The Labute approximate surface area is 133 Å². The fourth-order valence-corrected chi connectivity index (χ4v) is 2.73. The number of rotatable bonds is 3. The Kier molecular flexibility index (Phi) is 5.74. The minimum Gasteiger partial charge on any atom is -0.331 e. The molecule has 0 spiro atoms. The van der Waals surface area contributed by atoms with Crippen molar-refractivity contribution in [1.82, 2.24) is 5.43 Å². The first-order valence-corrected chi connectivity index (χ1v) is 8.20. The van der Waals surface area contributed by atoms with Crippen LogP contribution in [0.2, 0.25) is 0 Å². The van der Waals surface area contributed by atoms with Crippen LogP contribution in [0.3, 0.4) is 0 Å². The molecule has 1 unspecified atom stereocenters. The zero-order chi connectivity index (χ0) is 15.2. The Hall–Kier alpha value is -1.42. The van der Waals surface area contributed by atoms with E-state index in [2.05, 4.69) is 60.9 Å². The number of anilines is 1. The quantitative estimate of drug-likeness (QED) is 0.629. The van der Waals surface area contributed by atoms with Crippen LogP contribution in [-0.2, 0) is 0 Å². The van der Waals surface area contributed by atoms with Crippen LogP contribution in [0.1, 0.15) is 57.9 Å². The summed E-state index contributed by atoms with van der Waals surface area (Å²) in [5, 5.41) is 8.20. The normalized spacial score (nSPS) is 20.6. The second-order valence-electron chi connectivity index (χ2n) is 6.09. The third-order valence-corrected chi connectivity index (χ3v) is 4.22. The van der Waals surface area contributed by atoms with Crippen LogP contribution in [0.4, 0.5) is 5.69 Å². The lowest BCUT2D eigenvalue weighted by Crippen LogP contribution is -2.27. The maximum absolute atomic E-state index is 5.30. The summed E-state index contributed by atoms with van der Waals surface area (Å²) in [7, 11) is 0. The van der Waals surface area contributed by atoms with E-state index in [1.54, 1.807) is 0 Å². The van der Waals surface area contributed by atoms with Crippen molar-refractivity contribution < 1.29 is 0 Å². The molecule has 1 atom stereocenters. The van der Waals surface area contributed by atoms with E-state index in [1.807, 2.05) is 0 Å². The van der Waals surface area contributed by atoms with Crippen molar-refractivity contribution in [2.24, 2.45) is 11.0 Å². The van der Waals surface area contributed by atoms with Gasteiger partial charge in [-0.05, 0) is 61.0 Å². The van der Waals surface area contributed by atoms with E-state index in [9.17, 15) is 0 Å². The molecule has 1 aliphatic rings. The number of hydrogen-bond acceptors (Lipinski definition) is 2. The van der Waals surface area contributed by atoms with Gasteiger partial charge >= 0.3 is 0 Å². The third-order valence-electron chi connectivity index (χ3n) is 4.03. The molecule has 0 heterocycles. The van der Waals surface area contributed by atoms with Gasteiger partial charge in [0, 0.05) is 11.4 Å². The molecule has 1 aromatic carbocycles. The van der Waals surface area contributed by atoms with E-state index in [1.165, 1.54) is 30.5 Å². The number of nitrogens with one attached hydrogen (secondary N) is 2. The molecule has 0 aliphatic heterocycles. The van der Waals surface area contributed by atoms with E-state index >= 15 is 0 Å². The zero-order valence-corrected chi connectivity index (χ0v) is 14.0. The van der Waals surface area contributed by atoms with Crippen molar-refractivity contribution in [1.29, 1.82) is 0 Å². The number of thiocarbonyl (C=S) groups is 1. The molecule has 0 radical (unpaired) electrons. The lowest BCUT2D eigenvalue weighted by atomic mass is 9.89. The van der Waals surface area contributed by atoms with Gasteiger partial charge < -0.3 is 5.32 Å². The van der Waals surface area contributed by atoms with Crippen molar-refractivity contribution in [3.8, 4) is 0 Å². The summed E-state index contributed by atoms with van der Waals surface area (Å²) < 4.78 is 0. The molecule has 21 heavy (non-hydrogen) atoms. The lowest BCUT2D eigenvalue weighted by Gasteiger charge is -2.20. The van der Waals surface area contributed by atoms with E-state index < -0.39 is 0 Å². The fourth-order valence-electron chi connectivity index (χ4n) is 2.57. The van der Waals surface area contributed by atoms with Crippen LogP contribution in [0.15, 0.2) is 29.4 Å². The first-order chi connectivity index (χ1) is 10.1. The van der Waals surface area contributed by atoms with Crippen molar-refractivity contribution >= 4 is 28.7 Å². The molecule has 0 saturated heterocycles. The standard InChI is InChI=1S/C17H25N3S/c1-12(2)14-8-10-15(11-9-14)18-17(21)20-19-16-7-5-4-6-13(16)3/h8-13H,4-7H2,1-3H3,(H2,18,20,21)/b19-16-. The maximum Gasteiger partial charge on any atom is 0.191 e. The zero-order valence-electron chi connectivity index (χ0n) is 13.1. The van der Waals surface area contributed by atoms with Crippen molar-refractivity contribution in [2.45, 2.75) is 52.4 Å². The first kappa shape index (κ1) is 16.0. The number of benzene rings is 1. The molecule has 1 fully saturated rings. The summed E-state index contributed by atoms with van der Waals surface area (Å²) in [6.45, 7) is 6.62. The number of hydrazone groups is 1. The van der Waals surface area contributed by atoms with Crippen LogP contribution < -0.4 is 10.7 Å². The summed E-state index contributed by atoms with van der Waals surface area (Å²) in [6.07, 6.45) is 4.87. The van der Waals surface area contributed by atoms with E-state index in [0.29, 0.717) is 16.9 Å². The van der Waals surface area contributed by atoms with Crippen molar-refractivity contribution in [2.75, 3.05) is 5.32 Å². The van der Waals surface area contributed by atoms with E-state index in [-0.39, 0.29) is 0 Å². The van der Waals surface area contributed by atoms with Gasteiger partial charge in [-0.1, -0.05) is 39.3 Å². The number of nitrogens with zero attached hydrogens (tertiary/aromatic N) is 1. The van der Waals surface area contributed by atoms with Gasteiger partial charge in [-0.3, -0.25) is 5.43 Å².